The Morgan fingerprint density at radius 1 is 1.11 bits per heavy atom. The van der Waals surface area contributed by atoms with Crippen LogP contribution in [0.2, 0.25) is 0 Å². The van der Waals surface area contributed by atoms with Gasteiger partial charge in [-0.05, 0) is 54.4 Å². The average Bonchev–Trinajstić information content (AvgIpc) is 3.22. The van der Waals surface area contributed by atoms with Crippen LogP contribution in [-0.2, 0) is 37.4 Å². The molecular weight excluding hydrogens is 504 g/mol. The fourth-order valence-electron chi connectivity index (χ4n) is 2.69. The van der Waals surface area contributed by atoms with Crippen LogP contribution in [0.4, 0.5) is 10.2 Å². The molecule has 0 saturated carbocycles. The summed E-state index contributed by atoms with van der Waals surface area (Å²) in [6, 6.07) is 0. The molecule has 204 valence electrons. The summed E-state index contributed by atoms with van der Waals surface area (Å²) in [7, 11) is -4.15. The normalized spacial score (nSPS) is 18.8. The molecule has 0 amide bonds. The van der Waals surface area contributed by atoms with E-state index in [1.165, 1.54) is 0 Å². The van der Waals surface area contributed by atoms with Crippen molar-refractivity contribution in [2.24, 2.45) is 10.8 Å². The number of nitrogen functional groups attached to an aromatic ring is 1. The Kier molecular flexibility index (Phi) is 9.91. The third-order valence-electron chi connectivity index (χ3n) is 4.79. The minimum atomic E-state index is -4.15. The molecule has 15 heteroatoms. The van der Waals surface area contributed by atoms with Crippen LogP contribution in [0, 0.1) is 16.6 Å². The van der Waals surface area contributed by atoms with Gasteiger partial charge < -0.3 is 19.9 Å². The number of esters is 2. The van der Waals surface area contributed by atoms with E-state index in [0.29, 0.717) is 12.8 Å². The molecule has 0 radical (unpaired) electrons. The largest absolute Gasteiger partial charge is 0.579 e. The van der Waals surface area contributed by atoms with Gasteiger partial charge in [-0.2, -0.15) is 14.4 Å². The van der Waals surface area contributed by atoms with E-state index in [4.69, 9.17) is 33.5 Å². The van der Waals surface area contributed by atoms with Gasteiger partial charge >= 0.3 is 25.8 Å². The molecule has 1 saturated heterocycles. The third kappa shape index (κ3) is 8.71. The highest BCUT2D eigenvalue weighted by Crippen LogP contribution is 2.58. The van der Waals surface area contributed by atoms with Crippen molar-refractivity contribution in [2.45, 2.75) is 66.7 Å². The Balaban J connectivity index is 1.99. The number of hydrogen-bond donors (Lipinski definition) is 2. The minimum Gasteiger partial charge on any atom is -0.433 e. The number of halogens is 1. The predicted molar refractivity (Wildman–Crippen MR) is 124 cm³/mol. The summed E-state index contributed by atoms with van der Waals surface area (Å²) in [5, 5.41) is 0. The van der Waals surface area contributed by atoms with E-state index in [-0.39, 0.29) is 6.61 Å². The van der Waals surface area contributed by atoms with Gasteiger partial charge in [0.1, 0.15) is 12.8 Å². The van der Waals surface area contributed by atoms with Crippen molar-refractivity contribution >= 4 is 25.9 Å². The zero-order chi connectivity index (χ0) is 27.3. The van der Waals surface area contributed by atoms with Crippen LogP contribution in [0.1, 0.15) is 60.6 Å². The fraction of sp³-hybridized carbons (Fsp3) is 0.714. The summed E-state index contributed by atoms with van der Waals surface area (Å²) in [5.41, 5.74) is 2.89. The van der Waals surface area contributed by atoms with Crippen molar-refractivity contribution in [1.82, 2.24) is 9.55 Å². The number of carbonyl (C=O) groups excluding carboxylic acids is 2. The lowest BCUT2D eigenvalue weighted by molar-refractivity contribution is -0.165. The standard InChI is InChI=1S/C21H33FN3O10P/c1-20(2,3)17(26)30-11-33-36(29,34-12-31-18(27)21(4,5)6)32-10-13-7-8-15(35-13)25-9-14(22)16(23)24-19(25)28/h9,13,15,29H,7-8,10-12H2,1-6H3,(H-,23,24,28)/p+1. The maximum Gasteiger partial charge on any atom is 0.579 e. The molecule has 1 fully saturated rings. The number of nitrogens with zero attached hydrogens (tertiary/aromatic N) is 2. The Morgan fingerprint density at radius 3 is 2.14 bits per heavy atom. The van der Waals surface area contributed by atoms with Gasteiger partial charge in [0.2, 0.25) is 13.6 Å². The van der Waals surface area contributed by atoms with Crippen LogP contribution < -0.4 is 11.4 Å². The van der Waals surface area contributed by atoms with Gasteiger partial charge in [0, 0.05) is 0 Å². The van der Waals surface area contributed by atoms with Crippen LogP contribution in [0.5, 0.6) is 0 Å². The van der Waals surface area contributed by atoms with Crippen molar-refractivity contribution < 1.29 is 46.7 Å². The quantitative estimate of drug-likeness (QED) is 0.254. The summed E-state index contributed by atoms with van der Waals surface area (Å²) in [6.07, 6.45) is 0.129. The highest BCUT2D eigenvalue weighted by molar-refractivity contribution is 7.55. The average molecular weight is 538 g/mol. The van der Waals surface area contributed by atoms with E-state index < -0.39 is 74.2 Å². The lowest BCUT2D eigenvalue weighted by Gasteiger charge is -2.20. The zero-order valence-electron chi connectivity index (χ0n) is 21.2. The smallest absolute Gasteiger partial charge is 0.433 e. The molecule has 1 aromatic heterocycles. The predicted octanol–water partition coefficient (Wildman–Crippen LogP) is 2.46. The maximum absolute atomic E-state index is 13.8. The van der Waals surface area contributed by atoms with E-state index in [1.54, 1.807) is 41.5 Å². The van der Waals surface area contributed by atoms with Gasteiger partial charge in [-0.3, -0.25) is 14.2 Å². The van der Waals surface area contributed by atoms with E-state index in [9.17, 15) is 23.7 Å². The first kappa shape index (κ1) is 30.0. The number of hydrogen-bond acceptors (Lipinski definition) is 12. The fourth-order valence-corrected chi connectivity index (χ4v) is 3.64. The summed E-state index contributed by atoms with van der Waals surface area (Å²) in [6.45, 7) is 8.18. The second-order valence-corrected chi connectivity index (χ2v) is 11.8. The highest BCUT2D eigenvalue weighted by Gasteiger charge is 2.48. The number of rotatable bonds is 10. The van der Waals surface area contributed by atoms with Gasteiger partial charge in [-0.25, -0.2) is 9.18 Å². The van der Waals surface area contributed by atoms with E-state index in [0.717, 1.165) is 10.8 Å². The summed E-state index contributed by atoms with van der Waals surface area (Å²) in [5.74, 6) is -2.57. The highest BCUT2D eigenvalue weighted by atomic mass is 31.2. The number of carbonyl (C=O) groups is 2. The molecule has 2 unspecified atom stereocenters. The van der Waals surface area contributed by atoms with Crippen LogP contribution in [0.25, 0.3) is 0 Å². The van der Waals surface area contributed by atoms with Crippen molar-refractivity contribution in [3.05, 3.63) is 22.5 Å². The first-order chi connectivity index (χ1) is 16.5. The Hall–Kier alpha value is -2.22. The molecule has 0 bridgehead atoms. The molecule has 1 aromatic rings. The number of ether oxygens (including phenoxy) is 3. The van der Waals surface area contributed by atoms with Crippen LogP contribution >= 0.6 is 8.17 Å². The molecular formula is C21H34FN3O10P+. The van der Waals surface area contributed by atoms with Gasteiger partial charge in [0.15, 0.2) is 11.6 Å². The molecule has 1 aliphatic rings. The number of nitrogens with two attached hydrogens (primary N) is 1. The van der Waals surface area contributed by atoms with Crippen LogP contribution in [-0.4, -0.2) is 52.7 Å². The van der Waals surface area contributed by atoms with E-state index in [2.05, 4.69) is 4.98 Å². The molecule has 13 nitrogen and oxygen atoms in total. The Labute approximate surface area is 208 Å². The topological polar surface area (TPSA) is 171 Å². The molecule has 36 heavy (non-hydrogen) atoms. The summed E-state index contributed by atoms with van der Waals surface area (Å²) < 4.78 is 46.2. The maximum atomic E-state index is 13.8. The van der Waals surface area contributed by atoms with Gasteiger partial charge in [0.25, 0.3) is 0 Å². The van der Waals surface area contributed by atoms with Gasteiger partial charge in [0.05, 0.1) is 23.1 Å². The minimum absolute atomic E-state index is 0.263. The molecule has 0 aromatic carbocycles. The second kappa shape index (κ2) is 11.9. The van der Waals surface area contributed by atoms with Gasteiger partial charge in [-0.1, -0.05) is 0 Å². The van der Waals surface area contributed by atoms with Crippen LogP contribution in [0.3, 0.4) is 0 Å². The van der Waals surface area contributed by atoms with Crippen LogP contribution in [0.15, 0.2) is 11.0 Å². The third-order valence-corrected chi connectivity index (χ3v) is 6.13. The Morgan fingerprint density at radius 2 is 1.64 bits per heavy atom. The molecule has 0 spiro atoms. The molecule has 3 N–H and O–H groups in total. The lowest BCUT2D eigenvalue weighted by atomic mass is 9.98. The first-order valence-corrected chi connectivity index (χ1v) is 12.6. The number of anilines is 1. The van der Waals surface area contributed by atoms with Crippen molar-refractivity contribution in [3.8, 4) is 0 Å². The zero-order valence-corrected chi connectivity index (χ0v) is 22.1. The van der Waals surface area contributed by atoms with Gasteiger partial charge in [-0.15, -0.1) is 9.05 Å². The second-order valence-electron chi connectivity index (χ2n) is 10.1. The molecule has 1 aliphatic heterocycles. The SMILES string of the molecule is CC(C)(C)C(=O)OCO[P+](O)(OCOC(=O)C(C)(C)C)OCC1CCC(n2cc(F)c(N)nc2=O)O1. The molecule has 2 rings (SSSR count). The first-order valence-electron chi connectivity index (χ1n) is 11.1. The monoisotopic (exact) mass is 538 g/mol. The summed E-state index contributed by atoms with van der Waals surface area (Å²) >= 11 is 0. The summed E-state index contributed by atoms with van der Waals surface area (Å²) in [4.78, 5) is 50.1. The lowest BCUT2D eigenvalue weighted by Crippen LogP contribution is -2.29. The molecule has 2 atom stereocenters. The Bertz CT molecular complexity index is 960. The van der Waals surface area contributed by atoms with E-state index in [1.807, 2.05) is 0 Å². The number of aromatic nitrogens is 2. The van der Waals surface area contributed by atoms with Crippen molar-refractivity contribution in [3.63, 3.8) is 0 Å². The molecule has 0 aliphatic carbocycles. The van der Waals surface area contributed by atoms with Crippen molar-refractivity contribution in [1.29, 1.82) is 0 Å². The van der Waals surface area contributed by atoms with Crippen molar-refractivity contribution in [2.75, 3.05) is 25.9 Å². The van der Waals surface area contributed by atoms with E-state index >= 15 is 0 Å². The molecule has 2 heterocycles.